The van der Waals surface area contributed by atoms with Gasteiger partial charge in [0.15, 0.2) is 0 Å². The summed E-state index contributed by atoms with van der Waals surface area (Å²) in [5.74, 6) is -1.25. The molecule has 0 saturated heterocycles. The van der Waals surface area contributed by atoms with E-state index in [1.165, 1.54) is 29.0 Å². The van der Waals surface area contributed by atoms with Gasteiger partial charge in [-0.3, -0.25) is 0 Å². The molecule has 0 radical (unpaired) electrons. The first-order chi connectivity index (χ1) is 9.63. The molecular weight excluding hydrogens is 277 g/mol. The summed E-state index contributed by atoms with van der Waals surface area (Å²) in [6.07, 6.45) is 1.02. The molecule has 0 fully saturated rings. The van der Waals surface area contributed by atoms with Crippen LogP contribution in [-0.2, 0) is 17.7 Å². The number of rotatable bonds is 5. The Bertz CT molecular complexity index is 610. The second-order valence-electron chi connectivity index (χ2n) is 4.26. The lowest BCUT2D eigenvalue weighted by Crippen LogP contribution is -2.06. The van der Waals surface area contributed by atoms with Crippen molar-refractivity contribution in [2.24, 2.45) is 0 Å². The summed E-state index contributed by atoms with van der Waals surface area (Å²) in [4.78, 5) is 13.9. The number of nitrogens with one attached hydrogen (secondary N) is 1. The average molecular weight is 293 g/mol. The first kappa shape index (κ1) is 14.5. The normalized spacial score (nSPS) is 10.3. The summed E-state index contributed by atoms with van der Waals surface area (Å²) in [6.45, 7) is 2.77. The number of aryl methyl sites for hydroxylation is 1. The fourth-order valence-corrected chi connectivity index (χ4v) is 2.70. The van der Waals surface area contributed by atoms with E-state index < -0.39 is 11.8 Å². The maximum absolute atomic E-state index is 13.5. The van der Waals surface area contributed by atoms with Gasteiger partial charge in [-0.15, -0.1) is 11.3 Å². The van der Waals surface area contributed by atoms with E-state index in [0.29, 0.717) is 12.2 Å². The van der Waals surface area contributed by atoms with Crippen molar-refractivity contribution in [3.05, 3.63) is 51.5 Å². The van der Waals surface area contributed by atoms with Crippen LogP contribution < -0.4 is 5.32 Å². The largest absolute Gasteiger partial charge is 0.465 e. The Balaban J connectivity index is 2.08. The first-order valence-corrected chi connectivity index (χ1v) is 7.15. The lowest BCUT2D eigenvalue weighted by Gasteiger charge is -2.07. The molecule has 106 valence electrons. The third kappa shape index (κ3) is 3.36. The molecule has 20 heavy (non-hydrogen) atoms. The molecule has 1 aromatic heterocycles. The van der Waals surface area contributed by atoms with Crippen molar-refractivity contribution >= 4 is 23.0 Å². The van der Waals surface area contributed by atoms with Crippen molar-refractivity contribution in [1.82, 2.24) is 0 Å². The number of ether oxygens (including phenoxy) is 1. The molecule has 0 aliphatic rings. The predicted octanol–water partition coefficient (Wildman–Crippen LogP) is 3.85. The van der Waals surface area contributed by atoms with Gasteiger partial charge >= 0.3 is 5.97 Å². The minimum Gasteiger partial charge on any atom is -0.465 e. The van der Waals surface area contributed by atoms with Crippen LogP contribution in [0.3, 0.4) is 0 Å². The Morgan fingerprint density at radius 2 is 2.05 bits per heavy atom. The van der Waals surface area contributed by atoms with E-state index in [0.717, 1.165) is 6.42 Å². The van der Waals surface area contributed by atoms with E-state index in [9.17, 15) is 9.18 Å². The van der Waals surface area contributed by atoms with Crippen LogP contribution in [0.2, 0.25) is 0 Å². The molecule has 0 aliphatic carbocycles. The smallest absolute Gasteiger partial charge is 0.340 e. The zero-order valence-electron chi connectivity index (χ0n) is 11.4. The van der Waals surface area contributed by atoms with E-state index >= 15 is 0 Å². The van der Waals surface area contributed by atoms with Crippen molar-refractivity contribution in [2.45, 2.75) is 19.9 Å². The number of thiophene rings is 1. The second-order valence-corrected chi connectivity index (χ2v) is 5.51. The van der Waals surface area contributed by atoms with Gasteiger partial charge in [0.1, 0.15) is 5.82 Å². The van der Waals surface area contributed by atoms with Gasteiger partial charge in [-0.1, -0.05) is 6.92 Å². The second kappa shape index (κ2) is 6.52. The van der Waals surface area contributed by atoms with Crippen molar-refractivity contribution in [1.29, 1.82) is 0 Å². The minimum atomic E-state index is -0.671. The third-order valence-electron chi connectivity index (χ3n) is 2.90. The lowest BCUT2D eigenvalue weighted by atomic mass is 10.2. The SMILES string of the molecule is CCc1ccc(CNc2ccc(F)c(C(=O)OC)c2)s1. The Labute approximate surface area is 121 Å². The Morgan fingerprint density at radius 3 is 2.70 bits per heavy atom. The van der Waals surface area contributed by atoms with Crippen LogP contribution in [0.4, 0.5) is 10.1 Å². The molecule has 0 aliphatic heterocycles. The fraction of sp³-hybridized carbons (Fsp3) is 0.267. The van der Waals surface area contributed by atoms with Crippen LogP contribution in [-0.4, -0.2) is 13.1 Å². The topological polar surface area (TPSA) is 38.3 Å². The van der Waals surface area contributed by atoms with Gasteiger partial charge in [0.2, 0.25) is 0 Å². The maximum Gasteiger partial charge on any atom is 0.340 e. The van der Waals surface area contributed by atoms with Gasteiger partial charge in [0, 0.05) is 22.0 Å². The summed E-state index contributed by atoms with van der Waals surface area (Å²) < 4.78 is 18.0. The molecule has 5 heteroatoms. The number of carbonyl (C=O) groups is 1. The Kier molecular flexibility index (Phi) is 4.74. The molecule has 0 atom stereocenters. The molecule has 0 bridgehead atoms. The predicted molar refractivity (Wildman–Crippen MR) is 78.8 cm³/mol. The maximum atomic E-state index is 13.5. The molecule has 0 unspecified atom stereocenters. The number of esters is 1. The molecule has 2 rings (SSSR count). The van der Waals surface area contributed by atoms with Crippen molar-refractivity contribution in [2.75, 3.05) is 12.4 Å². The van der Waals surface area contributed by atoms with Gasteiger partial charge in [0.25, 0.3) is 0 Å². The molecule has 3 nitrogen and oxygen atoms in total. The standard InChI is InChI=1S/C15H16FNO2S/c1-3-11-5-6-12(20-11)9-17-10-4-7-14(16)13(8-10)15(18)19-2/h4-8,17H,3,9H2,1-2H3. The molecule has 1 heterocycles. The molecule has 2 aromatic rings. The molecule has 0 spiro atoms. The van der Waals surface area contributed by atoms with Crippen molar-refractivity contribution in [3.8, 4) is 0 Å². The third-order valence-corrected chi connectivity index (χ3v) is 4.13. The van der Waals surface area contributed by atoms with E-state index in [-0.39, 0.29) is 5.56 Å². The average Bonchev–Trinajstić information content (AvgIpc) is 2.93. The quantitative estimate of drug-likeness (QED) is 0.851. The highest BCUT2D eigenvalue weighted by Crippen LogP contribution is 2.20. The molecule has 0 saturated carbocycles. The van der Waals surface area contributed by atoms with Crippen LogP contribution in [0.15, 0.2) is 30.3 Å². The monoisotopic (exact) mass is 293 g/mol. The van der Waals surface area contributed by atoms with E-state index in [2.05, 4.69) is 29.1 Å². The number of carbonyl (C=O) groups excluding carboxylic acids is 1. The first-order valence-electron chi connectivity index (χ1n) is 6.33. The van der Waals surface area contributed by atoms with Crippen LogP contribution in [0.25, 0.3) is 0 Å². The number of hydrogen-bond acceptors (Lipinski definition) is 4. The number of benzene rings is 1. The van der Waals surface area contributed by atoms with Crippen LogP contribution in [0.5, 0.6) is 0 Å². The summed E-state index contributed by atoms with van der Waals surface area (Å²) in [7, 11) is 1.24. The zero-order valence-corrected chi connectivity index (χ0v) is 12.2. The number of halogens is 1. The summed E-state index contributed by atoms with van der Waals surface area (Å²) in [5.41, 5.74) is 0.635. The van der Waals surface area contributed by atoms with Crippen LogP contribution in [0, 0.1) is 5.82 Å². The van der Waals surface area contributed by atoms with E-state index in [4.69, 9.17) is 0 Å². The zero-order chi connectivity index (χ0) is 14.5. The Hall–Kier alpha value is -1.88. The highest BCUT2D eigenvalue weighted by Gasteiger charge is 2.12. The molecular formula is C15H16FNO2S. The van der Waals surface area contributed by atoms with E-state index in [1.807, 2.05) is 0 Å². The van der Waals surface area contributed by atoms with Crippen LogP contribution in [0.1, 0.15) is 27.0 Å². The van der Waals surface area contributed by atoms with Gasteiger partial charge in [-0.25, -0.2) is 9.18 Å². The van der Waals surface area contributed by atoms with Crippen molar-refractivity contribution in [3.63, 3.8) is 0 Å². The van der Waals surface area contributed by atoms with Gasteiger partial charge < -0.3 is 10.1 Å². The molecule has 1 N–H and O–H groups in total. The summed E-state index contributed by atoms with van der Waals surface area (Å²) >= 11 is 1.74. The number of hydrogen-bond donors (Lipinski definition) is 1. The van der Waals surface area contributed by atoms with E-state index in [1.54, 1.807) is 17.4 Å². The summed E-state index contributed by atoms with van der Waals surface area (Å²) in [6, 6.07) is 8.51. The highest BCUT2D eigenvalue weighted by atomic mass is 32.1. The highest BCUT2D eigenvalue weighted by molar-refractivity contribution is 7.12. The molecule has 0 amide bonds. The summed E-state index contributed by atoms with van der Waals surface area (Å²) in [5, 5.41) is 3.18. The number of methoxy groups -OCH3 is 1. The van der Waals surface area contributed by atoms with Crippen molar-refractivity contribution < 1.29 is 13.9 Å². The van der Waals surface area contributed by atoms with Gasteiger partial charge in [-0.05, 0) is 36.8 Å². The number of anilines is 1. The molecule has 1 aromatic carbocycles. The fourth-order valence-electron chi connectivity index (χ4n) is 1.80. The minimum absolute atomic E-state index is 0.0575. The van der Waals surface area contributed by atoms with Gasteiger partial charge in [-0.2, -0.15) is 0 Å². The van der Waals surface area contributed by atoms with Crippen LogP contribution >= 0.6 is 11.3 Å². The van der Waals surface area contributed by atoms with Gasteiger partial charge in [0.05, 0.1) is 12.7 Å². The Morgan fingerprint density at radius 1 is 1.30 bits per heavy atom. The lowest BCUT2D eigenvalue weighted by molar-refractivity contribution is 0.0595.